The van der Waals surface area contributed by atoms with Crippen LogP contribution in [0.2, 0.25) is 0 Å². The number of ether oxygens (including phenoxy) is 1. The van der Waals surface area contributed by atoms with Gasteiger partial charge in [-0.15, -0.1) is 0 Å². The van der Waals surface area contributed by atoms with Crippen LogP contribution in [0.5, 0.6) is 0 Å². The van der Waals surface area contributed by atoms with Crippen molar-refractivity contribution >= 4 is 17.6 Å². The minimum atomic E-state index is -0.778. The average molecular weight is 419 g/mol. The van der Waals surface area contributed by atoms with E-state index in [9.17, 15) is 14.4 Å². The number of nitrogens with one attached hydrogen (secondary N) is 1. The molecule has 0 fully saturated rings. The van der Waals surface area contributed by atoms with E-state index < -0.39 is 12.0 Å². The highest BCUT2D eigenvalue weighted by Crippen LogP contribution is 2.21. The van der Waals surface area contributed by atoms with Crippen molar-refractivity contribution in [3.05, 3.63) is 81.6 Å². The molecule has 0 radical (unpaired) electrons. The van der Waals surface area contributed by atoms with Crippen molar-refractivity contribution in [1.29, 1.82) is 0 Å². The van der Waals surface area contributed by atoms with Gasteiger partial charge in [0.05, 0.1) is 18.4 Å². The molecule has 1 N–H and O–H groups in total. The lowest BCUT2D eigenvalue weighted by Crippen LogP contribution is -2.34. The van der Waals surface area contributed by atoms with Crippen molar-refractivity contribution in [1.82, 2.24) is 9.78 Å². The van der Waals surface area contributed by atoms with E-state index in [2.05, 4.69) is 15.2 Å². The highest BCUT2D eigenvalue weighted by atomic mass is 16.5. The summed E-state index contributed by atoms with van der Waals surface area (Å²) in [5.74, 6) is -0.816. The van der Waals surface area contributed by atoms with Crippen LogP contribution in [0.15, 0.2) is 59.4 Å². The van der Waals surface area contributed by atoms with Crippen LogP contribution >= 0.6 is 0 Å². The van der Waals surface area contributed by atoms with Crippen LogP contribution in [0.3, 0.4) is 0 Å². The first kappa shape index (κ1) is 22.0. The first-order valence-electron chi connectivity index (χ1n) is 10.0. The summed E-state index contributed by atoms with van der Waals surface area (Å²) in [6.45, 7) is 5.87. The van der Waals surface area contributed by atoms with E-state index in [1.807, 2.05) is 39.0 Å². The lowest BCUT2D eigenvalue weighted by atomic mass is 10.0. The summed E-state index contributed by atoms with van der Waals surface area (Å²) < 4.78 is 5.90. The van der Waals surface area contributed by atoms with Gasteiger partial charge in [0.2, 0.25) is 5.91 Å². The molecule has 2 aromatic carbocycles. The van der Waals surface area contributed by atoms with Gasteiger partial charge in [0, 0.05) is 17.3 Å². The quantitative estimate of drug-likeness (QED) is 0.612. The molecule has 1 aromatic heterocycles. The number of carbonyl (C=O) groups excluding carboxylic acids is 2. The molecule has 0 saturated heterocycles. The van der Waals surface area contributed by atoms with Gasteiger partial charge in [-0.1, -0.05) is 19.1 Å². The molecule has 0 spiro atoms. The number of carbonyl (C=O) groups is 2. The number of hydrogen-bond donors (Lipinski definition) is 1. The number of methoxy groups -OCH3 is 1. The van der Waals surface area contributed by atoms with Crippen molar-refractivity contribution in [2.24, 2.45) is 0 Å². The number of rotatable bonds is 6. The number of aryl methyl sites for hydroxylation is 2. The fraction of sp³-hybridized carbons (Fsp3) is 0.250. The van der Waals surface area contributed by atoms with Gasteiger partial charge in [-0.2, -0.15) is 5.10 Å². The van der Waals surface area contributed by atoms with Crippen LogP contribution in [-0.2, 0) is 9.53 Å². The van der Waals surface area contributed by atoms with Crippen molar-refractivity contribution < 1.29 is 14.3 Å². The predicted octanol–water partition coefficient (Wildman–Crippen LogP) is 3.90. The average Bonchev–Trinajstić information content (AvgIpc) is 2.77. The van der Waals surface area contributed by atoms with Crippen LogP contribution in [-0.4, -0.2) is 28.8 Å². The van der Waals surface area contributed by atoms with E-state index >= 15 is 0 Å². The molecule has 0 saturated carbocycles. The summed E-state index contributed by atoms with van der Waals surface area (Å²) >= 11 is 0. The Morgan fingerprint density at radius 3 is 2.35 bits per heavy atom. The molecule has 0 bridgehead atoms. The van der Waals surface area contributed by atoms with Gasteiger partial charge in [0.15, 0.2) is 0 Å². The molecule has 1 amide bonds. The van der Waals surface area contributed by atoms with E-state index in [1.54, 1.807) is 30.3 Å². The molecule has 0 aliphatic carbocycles. The first-order valence-corrected chi connectivity index (χ1v) is 10.0. The third-order valence-corrected chi connectivity index (χ3v) is 5.19. The lowest BCUT2D eigenvalue weighted by Gasteiger charge is -2.18. The zero-order valence-electron chi connectivity index (χ0n) is 18.0. The van der Waals surface area contributed by atoms with Gasteiger partial charge in [0.1, 0.15) is 6.04 Å². The monoisotopic (exact) mass is 419 g/mol. The Labute approximate surface area is 180 Å². The smallest absolute Gasteiger partial charge is 0.337 e. The summed E-state index contributed by atoms with van der Waals surface area (Å²) in [5.41, 5.74) is 4.33. The third kappa shape index (κ3) is 4.88. The van der Waals surface area contributed by atoms with Crippen molar-refractivity contribution in [3.63, 3.8) is 0 Å². The second kappa shape index (κ2) is 9.38. The fourth-order valence-corrected chi connectivity index (χ4v) is 3.21. The van der Waals surface area contributed by atoms with E-state index in [0.29, 0.717) is 23.4 Å². The van der Waals surface area contributed by atoms with Crippen LogP contribution in [0.1, 0.15) is 40.9 Å². The van der Waals surface area contributed by atoms with Gasteiger partial charge in [0.25, 0.3) is 5.56 Å². The number of anilines is 1. The van der Waals surface area contributed by atoms with E-state index in [4.69, 9.17) is 0 Å². The second-order valence-electron chi connectivity index (χ2n) is 7.28. The maximum Gasteiger partial charge on any atom is 0.337 e. The summed E-state index contributed by atoms with van der Waals surface area (Å²) in [5, 5.41) is 7.27. The third-order valence-electron chi connectivity index (χ3n) is 5.19. The maximum atomic E-state index is 12.9. The minimum Gasteiger partial charge on any atom is -0.465 e. The number of amides is 1. The molecule has 7 heteroatoms. The first-order chi connectivity index (χ1) is 14.8. The summed E-state index contributed by atoms with van der Waals surface area (Å²) in [6.07, 6.45) is 0.384. The molecule has 1 heterocycles. The molecule has 0 aliphatic rings. The molecule has 7 nitrogen and oxygen atoms in total. The number of esters is 1. The summed E-state index contributed by atoms with van der Waals surface area (Å²) in [7, 11) is 1.31. The molecular weight excluding hydrogens is 394 g/mol. The SMILES string of the molecule is CC[C@@H](C(=O)Nc1ccc(C(=O)OC)cc1)n1nc(-c2ccc(C)c(C)c2)ccc1=O. The molecular formula is C24H25N3O4. The van der Waals surface area contributed by atoms with Crippen LogP contribution < -0.4 is 10.9 Å². The van der Waals surface area contributed by atoms with Crippen molar-refractivity contribution in [2.45, 2.75) is 33.2 Å². The van der Waals surface area contributed by atoms with Gasteiger partial charge >= 0.3 is 5.97 Å². The van der Waals surface area contributed by atoms with Crippen LogP contribution in [0.25, 0.3) is 11.3 Å². The Hall–Kier alpha value is -3.74. The van der Waals surface area contributed by atoms with Crippen molar-refractivity contribution in [3.8, 4) is 11.3 Å². The molecule has 31 heavy (non-hydrogen) atoms. The highest BCUT2D eigenvalue weighted by molar-refractivity contribution is 5.95. The number of aromatic nitrogens is 2. The van der Waals surface area contributed by atoms with Crippen LogP contribution in [0, 0.1) is 13.8 Å². The Balaban J connectivity index is 1.87. The zero-order chi connectivity index (χ0) is 22.5. The fourth-order valence-electron chi connectivity index (χ4n) is 3.21. The highest BCUT2D eigenvalue weighted by Gasteiger charge is 2.22. The molecule has 160 valence electrons. The zero-order valence-corrected chi connectivity index (χ0v) is 18.0. The topological polar surface area (TPSA) is 90.3 Å². The molecule has 0 aliphatic heterocycles. The van der Waals surface area contributed by atoms with E-state index in [0.717, 1.165) is 11.1 Å². The minimum absolute atomic E-state index is 0.351. The van der Waals surface area contributed by atoms with Crippen LogP contribution in [0.4, 0.5) is 5.69 Å². The molecule has 1 atom stereocenters. The lowest BCUT2D eigenvalue weighted by molar-refractivity contribution is -0.119. The second-order valence-corrected chi connectivity index (χ2v) is 7.28. The largest absolute Gasteiger partial charge is 0.465 e. The number of hydrogen-bond acceptors (Lipinski definition) is 5. The van der Waals surface area contributed by atoms with Gasteiger partial charge in [-0.25, -0.2) is 9.48 Å². The number of nitrogens with zero attached hydrogens (tertiary/aromatic N) is 2. The van der Waals surface area contributed by atoms with E-state index in [1.165, 1.54) is 23.4 Å². The van der Waals surface area contributed by atoms with Gasteiger partial charge in [-0.3, -0.25) is 9.59 Å². The van der Waals surface area contributed by atoms with Gasteiger partial charge in [-0.05, 0) is 67.8 Å². The van der Waals surface area contributed by atoms with Gasteiger partial charge < -0.3 is 10.1 Å². The molecule has 0 unspecified atom stereocenters. The Morgan fingerprint density at radius 1 is 1.03 bits per heavy atom. The predicted molar refractivity (Wildman–Crippen MR) is 119 cm³/mol. The Morgan fingerprint density at radius 2 is 1.74 bits per heavy atom. The van der Waals surface area contributed by atoms with E-state index in [-0.39, 0.29) is 11.5 Å². The molecule has 3 rings (SSSR count). The normalized spacial score (nSPS) is 11.6. The molecule has 3 aromatic rings. The number of benzene rings is 2. The standard InChI is InChI=1S/C24H25N3O4/c1-5-21(23(29)25-19-10-8-17(9-11-19)24(30)31-4)27-22(28)13-12-20(26-27)18-7-6-15(2)16(3)14-18/h6-14,21H,5H2,1-4H3,(H,25,29)/t21-/m0/s1. The Kier molecular flexibility index (Phi) is 6.65. The maximum absolute atomic E-state index is 12.9. The van der Waals surface area contributed by atoms with Crippen molar-refractivity contribution in [2.75, 3.05) is 12.4 Å². The summed E-state index contributed by atoms with van der Waals surface area (Å²) in [6, 6.07) is 14.6. The Bertz CT molecular complexity index is 1170. The summed E-state index contributed by atoms with van der Waals surface area (Å²) in [4.78, 5) is 37.0.